The average Bonchev–Trinajstić information content (AvgIpc) is 4.01. The Bertz CT molecular complexity index is 1830. The number of rotatable bonds is 31. The van der Waals surface area contributed by atoms with E-state index in [1.165, 1.54) is 18.0 Å². The Morgan fingerprint density at radius 3 is 2.23 bits per heavy atom. The molecule has 2 aliphatic heterocycles. The lowest BCUT2D eigenvalue weighted by atomic mass is 9.92. The number of thioether (sulfide) groups is 1. The third kappa shape index (κ3) is 20.3. The summed E-state index contributed by atoms with van der Waals surface area (Å²) in [7, 11) is 0. The normalized spacial score (nSPS) is 17.9. The van der Waals surface area contributed by atoms with Crippen molar-refractivity contribution in [3.63, 3.8) is 0 Å². The predicted molar refractivity (Wildman–Crippen MR) is 242 cm³/mol. The number of carbonyl (C=O) groups is 9. The SMILES string of the molecule is CC(C)CC(CC(=O)NO)C(=O)N[C@@H](CCCN=C(N)N)C(=O)N[C@@H](Cc1cnc[nH]1)C(=O)NCC(=O)NCC(=O)N[C@@H](CCCCNC(=O)CCCC[C@@H]1SC[C@@H]2NC(=O)N[C@@H]21)C(N)=O. The van der Waals surface area contributed by atoms with Crippen LogP contribution in [0.2, 0.25) is 0 Å². The van der Waals surface area contributed by atoms with E-state index < -0.39 is 78.5 Å². The Morgan fingerprint density at radius 2 is 1.55 bits per heavy atom. The summed E-state index contributed by atoms with van der Waals surface area (Å²) < 4.78 is 0. The van der Waals surface area contributed by atoms with Crippen molar-refractivity contribution in [1.82, 2.24) is 58.0 Å². The van der Waals surface area contributed by atoms with Gasteiger partial charge in [0.2, 0.25) is 47.3 Å². The van der Waals surface area contributed by atoms with Crippen LogP contribution in [0.1, 0.15) is 90.2 Å². The van der Waals surface area contributed by atoms with Crippen LogP contribution in [0, 0.1) is 11.8 Å². The van der Waals surface area contributed by atoms with Crippen LogP contribution in [0.15, 0.2) is 17.5 Å². The summed E-state index contributed by atoms with van der Waals surface area (Å²) in [4.78, 5) is 125. The summed E-state index contributed by atoms with van der Waals surface area (Å²) in [6.07, 6.45) is 6.89. The molecule has 25 nitrogen and oxygen atoms in total. The lowest BCUT2D eigenvalue weighted by molar-refractivity contribution is -0.137. The van der Waals surface area contributed by atoms with E-state index in [0.717, 1.165) is 25.0 Å². The van der Waals surface area contributed by atoms with E-state index in [1.807, 2.05) is 25.6 Å². The Hall–Kier alpha value is -6.18. The second-order valence-electron chi connectivity index (χ2n) is 16.6. The molecule has 2 fully saturated rings. The van der Waals surface area contributed by atoms with Crippen molar-refractivity contribution in [2.24, 2.45) is 34.0 Å². The number of hydrogen-bond acceptors (Lipinski definition) is 13. The third-order valence-electron chi connectivity index (χ3n) is 10.7. The first-order chi connectivity index (χ1) is 31.4. The lowest BCUT2D eigenvalue weighted by Crippen LogP contribution is -2.56. The first-order valence-electron chi connectivity index (χ1n) is 22.1. The van der Waals surface area contributed by atoms with Crippen LogP contribution in [0.25, 0.3) is 0 Å². The molecular formula is C40H67N15O10S. The zero-order valence-electron chi connectivity index (χ0n) is 37.5. The Labute approximate surface area is 387 Å². The number of amides is 10. The fourth-order valence-electron chi connectivity index (χ4n) is 7.41. The summed E-state index contributed by atoms with van der Waals surface area (Å²) in [5.41, 5.74) is 18.3. The number of guanidine groups is 1. The Morgan fingerprint density at radius 1 is 0.818 bits per heavy atom. The van der Waals surface area contributed by atoms with Crippen LogP contribution < -0.4 is 65.2 Å². The molecule has 0 saturated carbocycles. The molecule has 10 amide bonds. The van der Waals surface area contributed by atoms with Crippen molar-refractivity contribution in [1.29, 1.82) is 0 Å². The van der Waals surface area contributed by atoms with E-state index in [1.54, 1.807) is 0 Å². The average molecular weight is 950 g/mol. The molecule has 368 valence electrons. The van der Waals surface area contributed by atoms with Crippen LogP contribution >= 0.6 is 11.8 Å². The molecule has 1 aromatic rings. The number of carbonyl (C=O) groups excluding carboxylic acids is 9. The van der Waals surface area contributed by atoms with Crippen LogP contribution in [-0.2, 0) is 44.8 Å². The molecule has 66 heavy (non-hydrogen) atoms. The summed E-state index contributed by atoms with van der Waals surface area (Å²) in [6, 6.07) is -3.38. The molecule has 0 radical (unpaired) electrons. The number of H-pyrrole nitrogens is 1. The van der Waals surface area contributed by atoms with E-state index in [2.05, 4.69) is 57.5 Å². The number of unbranched alkanes of at least 4 members (excludes halogenated alkanes) is 2. The van der Waals surface area contributed by atoms with Gasteiger partial charge in [-0.25, -0.2) is 15.3 Å². The predicted octanol–water partition coefficient (Wildman–Crippen LogP) is -3.25. The minimum Gasteiger partial charge on any atom is -0.370 e. The summed E-state index contributed by atoms with van der Waals surface area (Å²) >= 11 is 1.83. The molecule has 3 heterocycles. The van der Waals surface area contributed by atoms with Crippen molar-refractivity contribution in [2.45, 2.75) is 126 Å². The highest BCUT2D eigenvalue weighted by atomic mass is 32.2. The van der Waals surface area contributed by atoms with Gasteiger partial charge in [0.1, 0.15) is 18.1 Å². The fraction of sp³-hybridized carbons (Fsp3) is 0.675. The van der Waals surface area contributed by atoms with Crippen LogP contribution in [0.5, 0.6) is 0 Å². The first kappa shape index (κ1) is 54.2. The zero-order valence-corrected chi connectivity index (χ0v) is 38.3. The molecule has 0 bridgehead atoms. The monoisotopic (exact) mass is 949 g/mol. The molecule has 2 aliphatic rings. The van der Waals surface area contributed by atoms with E-state index in [-0.39, 0.29) is 81.0 Å². The van der Waals surface area contributed by atoms with Gasteiger partial charge >= 0.3 is 6.03 Å². The van der Waals surface area contributed by atoms with Gasteiger partial charge in [-0.05, 0) is 57.3 Å². The summed E-state index contributed by atoms with van der Waals surface area (Å²) in [6.45, 7) is 3.01. The number of nitrogens with one attached hydrogen (secondary N) is 10. The van der Waals surface area contributed by atoms with Crippen molar-refractivity contribution in [3.05, 3.63) is 18.2 Å². The maximum atomic E-state index is 13.7. The Kier molecular flexibility index (Phi) is 23.5. The van der Waals surface area contributed by atoms with Crippen molar-refractivity contribution in [3.8, 4) is 0 Å². The summed E-state index contributed by atoms with van der Waals surface area (Å²) in [5.74, 6) is -5.55. The maximum absolute atomic E-state index is 13.7. The standard InChI is InChI=1S/C40H67N15O10S/c1-22(2)14-23(15-31(57)55-65)36(61)51-26(9-7-13-46-39(42)43)38(63)52-27(16-24-17-44-21-49-24)37(62)48-18-32(58)47-19-33(59)50-25(35(41)60)8-5-6-12-45-30(56)11-4-3-10-29-34-28(20-66-29)53-40(64)54-34/h17,21-23,25-29,34,65H,3-16,18-20H2,1-2H3,(H2,41,60)(H,44,49)(H,45,56)(H,47,58)(H,48,62)(H,50,59)(H,51,61)(H,52,63)(H,55,57)(H4,42,43,46)(H2,53,54,64)/t23?,25-,26-,27-,28-,29-,34-/m0/s1. The minimum absolute atomic E-state index is 0.0220. The number of fused-ring (bicyclic) bond motifs is 1. The fourth-order valence-corrected chi connectivity index (χ4v) is 8.95. The van der Waals surface area contributed by atoms with E-state index in [9.17, 15) is 43.2 Å². The van der Waals surface area contributed by atoms with Gasteiger partial charge in [-0.3, -0.25) is 48.6 Å². The molecule has 3 rings (SSSR count). The second kappa shape index (κ2) is 28.7. The number of urea groups is 1. The highest BCUT2D eigenvalue weighted by Gasteiger charge is 2.42. The molecule has 0 spiro atoms. The number of hydroxylamine groups is 1. The number of primary amides is 1. The lowest BCUT2D eigenvalue weighted by Gasteiger charge is -2.25. The van der Waals surface area contributed by atoms with Gasteiger partial charge in [-0.2, -0.15) is 11.8 Å². The van der Waals surface area contributed by atoms with Gasteiger partial charge in [0, 0.05) is 61.2 Å². The van der Waals surface area contributed by atoms with Gasteiger partial charge in [-0.15, -0.1) is 0 Å². The number of hydrogen-bond donors (Lipinski definition) is 14. The first-order valence-corrected chi connectivity index (χ1v) is 23.1. The number of aliphatic imine (C=N–C) groups is 1. The minimum atomic E-state index is -1.29. The van der Waals surface area contributed by atoms with Crippen LogP contribution in [0.3, 0.4) is 0 Å². The van der Waals surface area contributed by atoms with Crippen molar-refractivity contribution >= 4 is 71.0 Å². The zero-order chi connectivity index (χ0) is 48.6. The number of nitrogens with two attached hydrogens (primary N) is 3. The van der Waals surface area contributed by atoms with Gasteiger partial charge in [0.05, 0.1) is 31.5 Å². The van der Waals surface area contributed by atoms with E-state index in [0.29, 0.717) is 36.8 Å². The van der Waals surface area contributed by atoms with Gasteiger partial charge < -0.3 is 64.7 Å². The number of nitrogens with zero attached hydrogens (tertiary/aromatic N) is 2. The molecule has 17 N–H and O–H groups in total. The largest absolute Gasteiger partial charge is 0.370 e. The van der Waals surface area contributed by atoms with Crippen molar-refractivity contribution in [2.75, 3.05) is 31.9 Å². The molecule has 7 atom stereocenters. The molecule has 0 aromatic carbocycles. The van der Waals surface area contributed by atoms with Crippen molar-refractivity contribution < 1.29 is 48.4 Å². The molecule has 2 saturated heterocycles. The number of aromatic amines is 1. The maximum Gasteiger partial charge on any atom is 0.315 e. The quantitative estimate of drug-likeness (QED) is 0.00869. The van der Waals surface area contributed by atoms with Gasteiger partial charge in [0.25, 0.3) is 0 Å². The van der Waals surface area contributed by atoms with Crippen LogP contribution in [0.4, 0.5) is 4.79 Å². The van der Waals surface area contributed by atoms with Gasteiger partial charge in [0.15, 0.2) is 5.96 Å². The second-order valence-corrected chi connectivity index (χ2v) is 17.9. The number of aromatic nitrogens is 2. The summed E-state index contributed by atoms with van der Waals surface area (Å²) in [5, 5.41) is 30.6. The molecule has 1 aromatic heterocycles. The highest BCUT2D eigenvalue weighted by Crippen LogP contribution is 2.33. The van der Waals surface area contributed by atoms with Crippen LogP contribution in [-0.4, -0.2) is 142 Å². The topological polar surface area (TPSA) is 401 Å². The Balaban J connectivity index is 1.44. The molecular weight excluding hydrogens is 883 g/mol. The molecule has 26 heteroatoms. The smallest absolute Gasteiger partial charge is 0.315 e. The van der Waals surface area contributed by atoms with E-state index in [4.69, 9.17) is 22.4 Å². The number of imidazole rings is 1. The molecule has 0 aliphatic carbocycles. The van der Waals surface area contributed by atoms with E-state index >= 15 is 0 Å². The third-order valence-corrected chi connectivity index (χ3v) is 12.3. The van der Waals surface area contributed by atoms with Gasteiger partial charge in [-0.1, -0.05) is 20.3 Å². The molecule has 1 unspecified atom stereocenters. The highest BCUT2D eigenvalue weighted by molar-refractivity contribution is 8.00.